The van der Waals surface area contributed by atoms with E-state index in [1.54, 1.807) is 23.7 Å². The number of H-pyrrole nitrogens is 1. The van der Waals surface area contributed by atoms with Crippen LogP contribution in [0.2, 0.25) is 0 Å². The van der Waals surface area contributed by atoms with Crippen molar-refractivity contribution in [1.29, 1.82) is 0 Å². The van der Waals surface area contributed by atoms with Gasteiger partial charge in [0.1, 0.15) is 5.82 Å². The minimum absolute atomic E-state index is 0.180. The summed E-state index contributed by atoms with van der Waals surface area (Å²) in [4.78, 5) is 12.1. The fourth-order valence-corrected chi connectivity index (χ4v) is 3.68. The zero-order chi connectivity index (χ0) is 19.4. The lowest BCUT2D eigenvalue weighted by molar-refractivity contribution is 0.252. The van der Waals surface area contributed by atoms with Crippen molar-refractivity contribution >= 4 is 34.0 Å². The maximum Gasteiger partial charge on any atom is 0.319 e. The van der Waals surface area contributed by atoms with E-state index in [4.69, 9.17) is 12.2 Å². The zero-order valence-corrected chi connectivity index (χ0v) is 16.5. The molecule has 1 aromatic carbocycles. The summed E-state index contributed by atoms with van der Waals surface area (Å²) in [5.74, 6) is 1.21. The molecule has 0 saturated heterocycles. The van der Waals surface area contributed by atoms with Gasteiger partial charge in [-0.15, -0.1) is 0 Å². The van der Waals surface area contributed by atoms with Crippen molar-refractivity contribution in [1.82, 2.24) is 24.8 Å². The van der Waals surface area contributed by atoms with E-state index in [1.165, 1.54) is 12.1 Å². The Labute approximate surface area is 162 Å². The molecule has 0 unspecified atom stereocenters. The summed E-state index contributed by atoms with van der Waals surface area (Å²) >= 11 is 5.03. The van der Waals surface area contributed by atoms with E-state index in [0.717, 1.165) is 18.7 Å². The summed E-state index contributed by atoms with van der Waals surface area (Å²) in [7, 11) is -1.70. The molecule has 1 saturated carbocycles. The van der Waals surface area contributed by atoms with Crippen LogP contribution < -0.4 is 15.4 Å². The molecule has 3 rings (SSSR count). The van der Waals surface area contributed by atoms with Crippen LogP contribution in [-0.2, 0) is 23.5 Å². The minimum atomic E-state index is -3.51. The molecule has 1 heterocycles. The number of carbonyl (C=O) groups is 1. The third kappa shape index (κ3) is 5.37. The minimum Gasteiger partial charge on any atom is -0.337 e. The van der Waals surface area contributed by atoms with Gasteiger partial charge in [0.15, 0.2) is 4.77 Å². The van der Waals surface area contributed by atoms with Gasteiger partial charge < -0.3 is 15.2 Å². The Morgan fingerprint density at radius 1 is 1.33 bits per heavy atom. The number of benzene rings is 1. The monoisotopic (exact) mass is 410 g/mol. The number of urea groups is 1. The van der Waals surface area contributed by atoms with Gasteiger partial charge in [-0.05, 0) is 55.2 Å². The van der Waals surface area contributed by atoms with Crippen LogP contribution in [0.15, 0.2) is 29.2 Å². The van der Waals surface area contributed by atoms with E-state index in [-0.39, 0.29) is 10.9 Å². The van der Waals surface area contributed by atoms with E-state index in [2.05, 4.69) is 25.6 Å². The Hall–Kier alpha value is -2.24. The highest BCUT2D eigenvalue weighted by atomic mass is 32.2. The van der Waals surface area contributed by atoms with Gasteiger partial charge >= 0.3 is 6.03 Å². The standard InChI is InChI=1S/C16H22N6O3S2/c1-22-14(20-21-16(22)26)8-9-17-15(23)19-12-4-6-13(7-5-12)27(24,25)18-10-11-2-3-11/h4-7,11,18H,2-3,8-10H2,1H3,(H,21,26)(H2,17,19,23). The van der Waals surface area contributed by atoms with Crippen LogP contribution in [0, 0.1) is 10.7 Å². The third-order valence-electron chi connectivity index (χ3n) is 4.29. The molecule has 0 spiro atoms. The smallest absolute Gasteiger partial charge is 0.319 e. The quantitative estimate of drug-likeness (QED) is 0.492. The van der Waals surface area contributed by atoms with Crippen molar-refractivity contribution in [2.45, 2.75) is 24.2 Å². The summed E-state index contributed by atoms with van der Waals surface area (Å²) in [6, 6.07) is 5.68. The molecule has 1 aliphatic rings. The lowest BCUT2D eigenvalue weighted by Gasteiger charge is -2.09. The van der Waals surface area contributed by atoms with Crippen LogP contribution in [0.3, 0.4) is 0 Å². The van der Waals surface area contributed by atoms with Crippen molar-refractivity contribution < 1.29 is 13.2 Å². The average Bonchev–Trinajstić information content (AvgIpc) is 3.42. The molecule has 1 fully saturated rings. The summed E-state index contributed by atoms with van der Waals surface area (Å²) < 4.78 is 29.2. The number of nitrogens with one attached hydrogen (secondary N) is 4. The van der Waals surface area contributed by atoms with Gasteiger partial charge in [-0.2, -0.15) is 5.10 Å². The van der Waals surface area contributed by atoms with Gasteiger partial charge in [-0.1, -0.05) is 0 Å². The van der Waals surface area contributed by atoms with E-state index in [1.807, 2.05) is 0 Å². The first-order valence-electron chi connectivity index (χ1n) is 8.60. The SMILES string of the molecule is Cn1c(CCNC(=O)Nc2ccc(S(=O)(=O)NCC3CC3)cc2)n[nH]c1=S. The second-order valence-electron chi connectivity index (χ2n) is 6.45. The van der Waals surface area contributed by atoms with E-state index < -0.39 is 10.0 Å². The predicted molar refractivity (Wildman–Crippen MR) is 103 cm³/mol. The number of amides is 2. The third-order valence-corrected chi connectivity index (χ3v) is 6.09. The van der Waals surface area contributed by atoms with Crippen molar-refractivity contribution in [2.75, 3.05) is 18.4 Å². The number of nitrogens with zero attached hydrogens (tertiary/aromatic N) is 2. The van der Waals surface area contributed by atoms with Gasteiger partial charge in [-0.3, -0.25) is 5.10 Å². The molecule has 0 radical (unpaired) electrons. The molecule has 0 atom stereocenters. The van der Waals surface area contributed by atoms with Gasteiger partial charge in [0, 0.05) is 32.2 Å². The van der Waals surface area contributed by atoms with E-state index in [0.29, 0.717) is 35.9 Å². The van der Waals surface area contributed by atoms with Crippen LogP contribution in [0.1, 0.15) is 18.7 Å². The first-order valence-corrected chi connectivity index (χ1v) is 10.5. The van der Waals surface area contributed by atoms with Gasteiger partial charge in [-0.25, -0.2) is 17.9 Å². The summed E-state index contributed by atoms with van der Waals surface area (Å²) in [6.07, 6.45) is 2.68. The fourth-order valence-electron chi connectivity index (χ4n) is 2.42. The number of aromatic nitrogens is 3. The molecule has 4 N–H and O–H groups in total. The van der Waals surface area contributed by atoms with Gasteiger partial charge in [0.05, 0.1) is 4.90 Å². The molecule has 2 amide bonds. The largest absolute Gasteiger partial charge is 0.337 e. The Balaban J connectivity index is 1.47. The first-order chi connectivity index (χ1) is 12.8. The number of sulfonamides is 1. The molecule has 1 aromatic heterocycles. The Morgan fingerprint density at radius 3 is 2.63 bits per heavy atom. The van der Waals surface area contributed by atoms with Crippen molar-refractivity contribution in [3.63, 3.8) is 0 Å². The molecular weight excluding hydrogens is 388 g/mol. The summed E-state index contributed by atoms with van der Waals surface area (Å²) in [5.41, 5.74) is 0.506. The highest BCUT2D eigenvalue weighted by Crippen LogP contribution is 2.28. The number of anilines is 1. The van der Waals surface area contributed by atoms with Crippen molar-refractivity contribution in [3.8, 4) is 0 Å². The number of hydrogen-bond donors (Lipinski definition) is 4. The van der Waals surface area contributed by atoms with Crippen LogP contribution in [0.5, 0.6) is 0 Å². The predicted octanol–water partition coefficient (Wildman–Crippen LogP) is 1.53. The normalized spacial score (nSPS) is 14.1. The highest BCUT2D eigenvalue weighted by Gasteiger charge is 2.24. The highest BCUT2D eigenvalue weighted by molar-refractivity contribution is 7.89. The van der Waals surface area contributed by atoms with Gasteiger partial charge in [0.25, 0.3) is 0 Å². The number of aromatic amines is 1. The Kier molecular flexibility index (Phi) is 5.92. The van der Waals surface area contributed by atoms with Crippen LogP contribution >= 0.6 is 12.2 Å². The second-order valence-corrected chi connectivity index (χ2v) is 8.61. The maximum absolute atomic E-state index is 12.2. The molecule has 2 aromatic rings. The molecule has 0 aliphatic heterocycles. The Morgan fingerprint density at radius 2 is 2.04 bits per heavy atom. The first kappa shape index (κ1) is 19.5. The molecular formula is C16H22N6O3S2. The second kappa shape index (κ2) is 8.19. The molecule has 9 nitrogen and oxygen atoms in total. The van der Waals surface area contributed by atoms with Crippen LogP contribution in [0.4, 0.5) is 10.5 Å². The maximum atomic E-state index is 12.2. The van der Waals surface area contributed by atoms with Crippen molar-refractivity contribution in [3.05, 3.63) is 34.9 Å². The summed E-state index contributed by atoms with van der Waals surface area (Å²) in [5, 5.41) is 12.1. The number of hydrogen-bond acceptors (Lipinski definition) is 5. The van der Waals surface area contributed by atoms with Crippen molar-refractivity contribution in [2.24, 2.45) is 13.0 Å². The van der Waals surface area contributed by atoms with Gasteiger partial charge in [0.2, 0.25) is 10.0 Å². The fraction of sp³-hybridized carbons (Fsp3) is 0.438. The van der Waals surface area contributed by atoms with E-state index >= 15 is 0 Å². The molecule has 146 valence electrons. The lowest BCUT2D eigenvalue weighted by Crippen LogP contribution is -2.31. The Bertz CT molecular complexity index is 961. The molecule has 0 bridgehead atoms. The topological polar surface area (TPSA) is 121 Å². The number of carbonyl (C=O) groups excluding carboxylic acids is 1. The van der Waals surface area contributed by atoms with E-state index in [9.17, 15) is 13.2 Å². The molecule has 27 heavy (non-hydrogen) atoms. The summed E-state index contributed by atoms with van der Waals surface area (Å²) in [6.45, 7) is 0.863. The van der Waals surface area contributed by atoms with Crippen LogP contribution in [0.25, 0.3) is 0 Å². The zero-order valence-electron chi connectivity index (χ0n) is 14.9. The molecule has 11 heteroatoms. The molecule has 1 aliphatic carbocycles. The lowest BCUT2D eigenvalue weighted by atomic mass is 10.3. The van der Waals surface area contributed by atoms with Crippen LogP contribution in [-0.4, -0.2) is 42.3 Å². The number of rotatable bonds is 8. The average molecular weight is 411 g/mol.